The normalized spacial score (nSPS) is 15.4. The van der Waals surface area contributed by atoms with Gasteiger partial charge in [0.15, 0.2) is 0 Å². The lowest BCUT2D eigenvalue weighted by atomic mass is 9.93. The van der Waals surface area contributed by atoms with Crippen LogP contribution in [0.1, 0.15) is 36.6 Å². The first kappa shape index (κ1) is 24.7. The van der Waals surface area contributed by atoms with Crippen molar-refractivity contribution in [2.45, 2.75) is 25.3 Å². The molecule has 6 nitrogen and oxygen atoms in total. The summed E-state index contributed by atoms with van der Waals surface area (Å²) < 4.78 is 11.2. The van der Waals surface area contributed by atoms with Crippen LogP contribution < -0.4 is 9.47 Å². The van der Waals surface area contributed by atoms with E-state index in [-0.39, 0.29) is 17.9 Å². The van der Waals surface area contributed by atoms with Crippen molar-refractivity contribution in [1.29, 1.82) is 0 Å². The molecule has 4 rings (SSSR count). The SMILES string of the molecule is COc1cccc(C(c2ccccn2)N(C)C(=O)C2CCN(CCCOc3ccccc3)CC2)c1. The lowest BCUT2D eigenvalue weighted by Crippen LogP contribution is -2.43. The molecule has 0 spiro atoms. The Balaban J connectivity index is 1.33. The molecule has 35 heavy (non-hydrogen) atoms. The van der Waals surface area contributed by atoms with E-state index in [1.807, 2.05) is 84.7 Å². The van der Waals surface area contributed by atoms with Crippen LogP contribution in [0.25, 0.3) is 0 Å². The van der Waals surface area contributed by atoms with Crippen LogP contribution in [0.2, 0.25) is 0 Å². The third-order valence-corrected chi connectivity index (χ3v) is 6.68. The molecule has 1 aromatic heterocycles. The van der Waals surface area contributed by atoms with E-state index in [1.165, 1.54) is 0 Å². The fraction of sp³-hybridized carbons (Fsp3) is 0.379. The van der Waals surface area contributed by atoms with Gasteiger partial charge < -0.3 is 19.3 Å². The molecule has 1 amide bonds. The third-order valence-electron chi connectivity index (χ3n) is 6.68. The molecule has 2 heterocycles. The van der Waals surface area contributed by atoms with Gasteiger partial charge in [0.05, 0.1) is 25.5 Å². The number of rotatable bonds is 10. The van der Waals surface area contributed by atoms with Gasteiger partial charge in [0.2, 0.25) is 5.91 Å². The van der Waals surface area contributed by atoms with Gasteiger partial charge in [-0.15, -0.1) is 0 Å². The highest BCUT2D eigenvalue weighted by molar-refractivity contribution is 5.79. The smallest absolute Gasteiger partial charge is 0.226 e. The van der Waals surface area contributed by atoms with E-state index in [2.05, 4.69) is 9.88 Å². The molecule has 2 aromatic carbocycles. The molecule has 1 aliphatic heterocycles. The summed E-state index contributed by atoms with van der Waals surface area (Å²) >= 11 is 0. The van der Waals surface area contributed by atoms with Gasteiger partial charge in [-0.3, -0.25) is 9.78 Å². The summed E-state index contributed by atoms with van der Waals surface area (Å²) in [5.41, 5.74) is 1.85. The van der Waals surface area contributed by atoms with Crippen LogP contribution >= 0.6 is 0 Å². The van der Waals surface area contributed by atoms with Crippen molar-refractivity contribution < 1.29 is 14.3 Å². The van der Waals surface area contributed by atoms with Crippen LogP contribution in [0.3, 0.4) is 0 Å². The van der Waals surface area contributed by atoms with Crippen molar-refractivity contribution in [1.82, 2.24) is 14.8 Å². The number of carbonyl (C=O) groups excluding carboxylic acids is 1. The maximum atomic E-state index is 13.6. The molecule has 0 bridgehead atoms. The summed E-state index contributed by atoms with van der Waals surface area (Å²) in [6.07, 6.45) is 4.50. The van der Waals surface area contributed by atoms with Crippen LogP contribution in [-0.2, 0) is 4.79 Å². The van der Waals surface area contributed by atoms with Gasteiger partial charge in [-0.1, -0.05) is 36.4 Å². The minimum Gasteiger partial charge on any atom is -0.497 e. The molecule has 3 aromatic rings. The number of pyridine rings is 1. The topological polar surface area (TPSA) is 54.9 Å². The van der Waals surface area contributed by atoms with Gasteiger partial charge in [0.25, 0.3) is 0 Å². The average Bonchev–Trinajstić information content (AvgIpc) is 2.92. The van der Waals surface area contributed by atoms with E-state index in [9.17, 15) is 4.79 Å². The van der Waals surface area contributed by atoms with Gasteiger partial charge in [0, 0.05) is 25.7 Å². The molecule has 0 N–H and O–H groups in total. The molecule has 0 radical (unpaired) electrons. The Morgan fingerprint density at radius 3 is 2.49 bits per heavy atom. The predicted octanol–water partition coefficient (Wildman–Crippen LogP) is 4.82. The standard InChI is InChI=1S/C29H35N3O3/c1-31(28(27-14-6-7-17-30-27)24-10-8-13-26(22-24)34-2)29(33)23-15-19-32(20-16-23)18-9-21-35-25-11-4-3-5-12-25/h3-8,10-14,17,22-23,28H,9,15-16,18-21H2,1-2H3. The molecule has 1 saturated heterocycles. The van der Waals surface area contributed by atoms with Gasteiger partial charge in [-0.05, 0) is 74.3 Å². The second kappa shape index (κ2) is 12.4. The first-order valence-corrected chi connectivity index (χ1v) is 12.4. The van der Waals surface area contributed by atoms with E-state index in [1.54, 1.807) is 13.3 Å². The fourth-order valence-corrected chi connectivity index (χ4v) is 4.76. The number of piperidine rings is 1. The van der Waals surface area contributed by atoms with Gasteiger partial charge >= 0.3 is 0 Å². The monoisotopic (exact) mass is 473 g/mol. The molecular weight excluding hydrogens is 438 g/mol. The fourth-order valence-electron chi connectivity index (χ4n) is 4.76. The molecular formula is C29H35N3O3. The highest BCUT2D eigenvalue weighted by Gasteiger charge is 2.32. The zero-order valence-corrected chi connectivity index (χ0v) is 20.7. The number of benzene rings is 2. The van der Waals surface area contributed by atoms with E-state index >= 15 is 0 Å². The Labute approximate surface area is 208 Å². The maximum absolute atomic E-state index is 13.6. The lowest BCUT2D eigenvalue weighted by molar-refractivity contribution is -0.137. The van der Waals surface area contributed by atoms with Crippen LogP contribution in [0.5, 0.6) is 11.5 Å². The molecule has 6 heteroatoms. The minimum absolute atomic E-state index is 0.0219. The molecule has 0 saturated carbocycles. The summed E-state index contributed by atoms with van der Waals surface area (Å²) in [6, 6.07) is 23.4. The molecule has 184 valence electrons. The number of aromatic nitrogens is 1. The number of hydrogen-bond donors (Lipinski definition) is 0. The Morgan fingerprint density at radius 1 is 1.03 bits per heavy atom. The van der Waals surface area contributed by atoms with E-state index in [0.717, 1.165) is 61.7 Å². The maximum Gasteiger partial charge on any atom is 0.226 e. The van der Waals surface area contributed by atoms with Crippen LogP contribution in [0, 0.1) is 5.92 Å². The summed E-state index contributed by atoms with van der Waals surface area (Å²) in [7, 11) is 3.56. The zero-order valence-electron chi connectivity index (χ0n) is 20.7. The van der Waals surface area contributed by atoms with Gasteiger partial charge in [-0.25, -0.2) is 0 Å². The number of hydrogen-bond acceptors (Lipinski definition) is 5. The third kappa shape index (κ3) is 6.61. The second-order valence-electron chi connectivity index (χ2n) is 9.01. The largest absolute Gasteiger partial charge is 0.497 e. The quantitative estimate of drug-likeness (QED) is 0.395. The minimum atomic E-state index is -0.257. The predicted molar refractivity (Wildman–Crippen MR) is 138 cm³/mol. The summed E-state index contributed by atoms with van der Waals surface area (Å²) in [5, 5.41) is 0. The number of amides is 1. The lowest BCUT2D eigenvalue weighted by Gasteiger charge is -2.36. The number of carbonyl (C=O) groups is 1. The Kier molecular flexibility index (Phi) is 8.74. The van der Waals surface area contributed by atoms with Crippen LogP contribution in [0.4, 0.5) is 0 Å². The molecule has 1 fully saturated rings. The van der Waals surface area contributed by atoms with Crippen molar-refractivity contribution in [3.63, 3.8) is 0 Å². The summed E-state index contributed by atoms with van der Waals surface area (Å²) in [4.78, 5) is 22.5. The van der Waals surface area contributed by atoms with Crippen molar-refractivity contribution in [2.75, 3.05) is 40.4 Å². The summed E-state index contributed by atoms with van der Waals surface area (Å²) in [6.45, 7) is 3.56. The van der Waals surface area contributed by atoms with Crippen molar-refractivity contribution >= 4 is 5.91 Å². The van der Waals surface area contributed by atoms with Crippen LogP contribution in [0.15, 0.2) is 79.0 Å². The zero-order chi connectivity index (χ0) is 24.5. The Hall–Kier alpha value is -3.38. The number of ether oxygens (including phenoxy) is 2. The Morgan fingerprint density at radius 2 is 1.77 bits per heavy atom. The number of para-hydroxylation sites is 1. The molecule has 0 aliphatic carbocycles. The van der Waals surface area contributed by atoms with Gasteiger partial charge in [-0.2, -0.15) is 0 Å². The van der Waals surface area contributed by atoms with E-state index in [0.29, 0.717) is 6.61 Å². The second-order valence-corrected chi connectivity index (χ2v) is 9.01. The highest BCUT2D eigenvalue weighted by Crippen LogP contribution is 2.31. The van der Waals surface area contributed by atoms with Crippen LogP contribution in [-0.4, -0.2) is 61.1 Å². The number of methoxy groups -OCH3 is 1. The van der Waals surface area contributed by atoms with Crippen molar-refractivity contribution in [2.24, 2.45) is 5.92 Å². The summed E-state index contributed by atoms with van der Waals surface area (Å²) in [5.74, 6) is 1.89. The molecule has 1 unspecified atom stereocenters. The van der Waals surface area contributed by atoms with E-state index < -0.39 is 0 Å². The average molecular weight is 474 g/mol. The number of likely N-dealkylation sites (tertiary alicyclic amines) is 1. The Bertz CT molecular complexity index is 1050. The van der Waals surface area contributed by atoms with Crippen molar-refractivity contribution in [3.8, 4) is 11.5 Å². The van der Waals surface area contributed by atoms with Crippen molar-refractivity contribution in [3.05, 3.63) is 90.3 Å². The number of nitrogens with zero attached hydrogens (tertiary/aromatic N) is 3. The van der Waals surface area contributed by atoms with E-state index in [4.69, 9.17) is 9.47 Å². The first-order chi connectivity index (χ1) is 17.2. The molecule has 1 atom stereocenters. The van der Waals surface area contributed by atoms with Gasteiger partial charge in [0.1, 0.15) is 11.5 Å². The first-order valence-electron chi connectivity index (χ1n) is 12.4. The highest BCUT2D eigenvalue weighted by atomic mass is 16.5. The molecule has 1 aliphatic rings.